The summed E-state index contributed by atoms with van der Waals surface area (Å²) in [6.07, 6.45) is 2.25. The lowest BCUT2D eigenvalue weighted by Gasteiger charge is -2.18. The number of aliphatic carboxylic acids is 1. The third kappa shape index (κ3) is 2.95. The molecule has 1 saturated carbocycles. The van der Waals surface area contributed by atoms with Crippen LogP contribution in [0.15, 0.2) is 18.2 Å². The molecule has 102 valence electrons. The molecule has 1 aromatic rings. The zero-order valence-electron chi connectivity index (χ0n) is 11.3. The van der Waals surface area contributed by atoms with Crippen LogP contribution in [-0.2, 0) is 4.79 Å². The molecule has 19 heavy (non-hydrogen) atoms. The van der Waals surface area contributed by atoms with Crippen molar-refractivity contribution in [3.8, 4) is 0 Å². The number of aryl methyl sites for hydroxylation is 2. The first-order valence-corrected chi connectivity index (χ1v) is 6.60. The molecule has 4 heteroatoms. The van der Waals surface area contributed by atoms with Gasteiger partial charge in [0.05, 0.1) is 5.92 Å². The third-order valence-corrected chi connectivity index (χ3v) is 3.78. The van der Waals surface area contributed by atoms with Crippen molar-refractivity contribution in [3.63, 3.8) is 0 Å². The van der Waals surface area contributed by atoms with Gasteiger partial charge in [-0.15, -0.1) is 0 Å². The van der Waals surface area contributed by atoms with Crippen molar-refractivity contribution < 1.29 is 14.7 Å². The number of benzene rings is 1. The number of carboxylic acid groups (broad SMARTS) is 1. The zero-order chi connectivity index (χ0) is 14.0. The van der Waals surface area contributed by atoms with E-state index in [4.69, 9.17) is 5.11 Å². The topological polar surface area (TPSA) is 66.4 Å². The number of nitrogens with one attached hydrogen (secondary N) is 1. The lowest BCUT2D eigenvalue weighted by molar-refractivity contribution is -0.142. The van der Waals surface area contributed by atoms with Crippen LogP contribution in [0.4, 0.5) is 0 Å². The summed E-state index contributed by atoms with van der Waals surface area (Å²) in [5.74, 6) is -1.44. The first-order valence-electron chi connectivity index (χ1n) is 6.60. The molecule has 1 aliphatic carbocycles. The average Bonchev–Trinajstić information content (AvgIpc) is 2.76. The van der Waals surface area contributed by atoms with Crippen LogP contribution in [0.5, 0.6) is 0 Å². The molecule has 1 fully saturated rings. The molecule has 2 unspecified atom stereocenters. The second-order valence-corrected chi connectivity index (χ2v) is 5.27. The summed E-state index contributed by atoms with van der Waals surface area (Å²) in [5, 5.41) is 12.0. The van der Waals surface area contributed by atoms with Gasteiger partial charge in [-0.25, -0.2) is 0 Å². The Hall–Kier alpha value is -1.84. The van der Waals surface area contributed by atoms with Gasteiger partial charge in [0.25, 0.3) is 5.91 Å². The van der Waals surface area contributed by atoms with Crippen LogP contribution >= 0.6 is 0 Å². The summed E-state index contributed by atoms with van der Waals surface area (Å²) >= 11 is 0. The molecule has 0 spiro atoms. The summed E-state index contributed by atoms with van der Waals surface area (Å²) in [4.78, 5) is 23.3. The fourth-order valence-corrected chi connectivity index (χ4v) is 2.74. The molecule has 1 aromatic carbocycles. The number of amides is 1. The Bertz CT molecular complexity index is 510. The Balaban J connectivity index is 2.10. The van der Waals surface area contributed by atoms with Crippen molar-refractivity contribution in [1.29, 1.82) is 0 Å². The maximum atomic E-state index is 12.2. The predicted molar refractivity (Wildman–Crippen MR) is 72.1 cm³/mol. The second-order valence-electron chi connectivity index (χ2n) is 5.27. The van der Waals surface area contributed by atoms with E-state index in [1.54, 1.807) is 6.07 Å². The van der Waals surface area contributed by atoms with Crippen molar-refractivity contribution in [1.82, 2.24) is 5.32 Å². The fourth-order valence-electron chi connectivity index (χ4n) is 2.74. The van der Waals surface area contributed by atoms with Gasteiger partial charge in [-0.2, -0.15) is 0 Å². The molecule has 0 saturated heterocycles. The average molecular weight is 261 g/mol. The highest BCUT2D eigenvalue weighted by atomic mass is 16.4. The molecular formula is C15H19NO3. The highest BCUT2D eigenvalue weighted by Crippen LogP contribution is 2.26. The maximum absolute atomic E-state index is 12.2. The van der Waals surface area contributed by atoms with Crippen molar-refractivity contribution in [2.75, 3.05) is 0 Å². The van der Waals surface area contributed by atoms with Crippen LogP contribution < -0.4 is 5.32 Å². The van der Waals surface area contributed by atoms with E-state index >= 15 is 0 Å². The molecular weight excluding hydrogens is 242 g/mol. The molecule has 2 N–H and O–H groups in total. The Morgan fingerprint density at radius 2 is 2.00 bits per heavy atom. The van der Waals surface area contributed by atoms with E-state index in [-0.39, 0.29) is 11.9 Å². The van der Waals surface area contributed by atoms with Gasteiger partial charge in [0.15, 0.2) is 0 Å². The SMILES string of the molecule is Cc1ccc(C(=O)NC2CCCC2C(=O)O)c(C)c1. The molecule has 2 rings (SSSR count). The zero-order valence-corrected chi connectivity index (χ0v) is 11.3. The normalized spacial score (nSPS) is 22.2. The quantitative estimate of drug-likeness (QED) is 0.877. The molecule has 2 atom stereocenters. The Morgan fingerprint density at radius 1 is 1.26 bits per heavy atom. The van der Waals surface area contributed by atoms with Gasteiger partial charge >= 0.3 is 5.97 Å². The Labute approximate surface area is 112 Å². The molecule has 1 amide bonds. The van der Waals surface area contributed by atoms with Crippen LogP contribution in [0.1, 0.15) is 40.7 Å². The molecule has 1 aliphatic rings. The first-order chi connectivity index (χ1) is 8.99. The van der Waals surface area contributed by atoms with Crippen LogP contribution in [0.25, 0.3) is 0 Å². The van der Waals surface area contributed by atoms with Crippen LogP contribution in [0, 0.1) is 19.8 Å². The predicted octanol–water partition coefficient (Wildman–Crippen LogP) is 2.29. The summed E-state index contributed by atoms with van der Waals surface area (Å²) in [6, 6.07) is 5.40. The van der Waals surface area contributed by atoms with Gasteiger partial charge < -0.3 is 10.4 Å². The molecule has 0 aliphatic heterocycles. The van der Waals surface area contributed by atoms with Gasteiger partial charge in [0.1, 0.15) is 0 Å². The smallest absolute Gasteiger partial charge is 0.308 e. The van der Waals surface area contributed by atoms with Crippen LogP contribution in [0.3, 0.4) is 0 Å². The third-order valence-electron chi connectivity index (χ3n) is 3.78. The molecule has 0 aromatic heterocycles. The van der Waals surface area contributed by atoms with E-state index in [9.17, 15) is 9.59 Å². The van der Waals surface area contributed by atoms with Gasteiger partial charge in [0, 0.05) is 11.6 Å². The summed E-state index contributed by atoms with van der Waals surface area (Å²) in [7, 11) is 0. The second kappa shape index (κ2) is 5.43. The monoisotopic (exact) mass is 261 g/mol. The van der Waals surface area contributed by atoms with Gasteiger partial charge in [-0.05, 0) is 38.3 Å². The van der Waals surface area contributed by atoms with Gasteiger partial charge in [-0.3, -0.25) is 9.59 Å². The number of carbonyl (C=O) groups excluding carboxylic acids is 1. The standard InChI is InChI=1S/C15H19NO3/c1-9-6-7-11(10(2)8-9)14(17)16-13-5-3-4-12(13)15(18)19/h6-8,12-13H,3-5H2,1-2H3,(H,16,17)(H,18,19). The summed E-state index contributed by atoms with van der Waals surface area (Å²) in [5.41, 5.74) is 2.65. The number of carbonyl (C=O) groups is 2. The number of hydrogen-bond donors (Lipinski definition) is 2. The van der Waals surface area contributed by atoms with E-state index < -0.39 is 11.9 Å². The summed E-state index contributed by atoms with van der Waals surface area (Å²) in [6.45, 7) is 3.87. The van der Waals surface area contributed by atoms with Crippen molar-refractivity contribution >= 4 is 11.9 Å². The maximum Gasteiger partial charge on any atom is 0.308 e. The van der Waals surface area contributed by atoms with Gasteiger partial charge in [-0.1, -0.05) is 24.1 Å². The van der Waals surface area contributed by atoms with Crippen molar-refractivity contribution in [2.24, 2.45) is 5.92 Å². The molecule has 0 radical (unpaired) electrons. The number of hydrogen-bond acceptors (Lipinski definition) is 2. The minimum absolute atomic E-state index is 0.171. The van der Waals surface area contributed by atoms with E-state index in [2.05, 4.69) is 5.32 Å². The minimum atomic E-state index is -0.816. The lowest BCUT2D eigenvalue weighted by Crippen LogP contribution is -2.40. The van der Waals surface area contributed by atoms with Crippen LogP contribution in [0.2, 0.25) is 0 Å². The van der Waals surface area contributed by atoms with E-state index in [0.717, 1.165) is 24.0 Å². The van der Waals surface area contributed by atoms with E-state index in [0.29, 0.717) is 12.0 Å². The largest absolute Gasteiger partial charge is 0.481 e. The van der Waals surface area contributed by atoms with Crippen molar-refractivity contribution in [2.45, 2.75) is 39.2 Å². The number of rotatable bonds is 3. The lowest BCUT2D eigenvalue weighted by atomic mass is 10.0. The number of carboxylic acids is 1. The van der Waals surface area contributed by atoms with Gasteiger partial charge in [0.2, 0.25) is 0 Å². The highest BCUT2D eigenvalue weighted by Gasteiger charge is 2.34. The van der Waals surface area contributed by atoms with Crippen molar-refractivity contribution in [3.05, 3.63) is 34.9 Å². The molecule has 0 heterocycles. The first kappa shape index (κ1) is 13.6. The Morgan fingerprint density at radius 3 is 2.63 bits per heavy atom. The molecule has 4 nitrogen and oxygen atoms in total. The van der Waals surface area contributed by atoms with E-state index in [1.807, 2.05) is 26.0 Å². The van der Waals surface area contributed by atoms with Crippen LogP contribution in [-0.4, -0.2) is 23.0 Å². The highest BCUT2D eigenvalue weighted by molar-refractivity contribution is 5.96. The minimum Gasteiger partial charge on any atom is -0.481 e. The Kier molecular flexibility index (Phi) is 3.88. The summed E-state index contributed by atoms with van der Waals surface area (Å²) < 4.78 is 0. The molecule has 0 bridgehead atoms. The van der Waals surface area contributed by atoms with E-state index in [1.165, 1.54) is 0 Å². The fraction of sp³-hybridized carbons (Fsp3) is 0.467.